The van der Waals surface area contributed by atoms with Gasteiger partial charge in [-0.25, -0.2) is 4.79 Å². The molecule has 1 aromatic carbocycles. The summed E-state index contributed by atoms with van der Waals surface area (Å²) in [5.41, 5.74) is 0.520. The van der Waals surface area contributed by atoms with Gasteiger partial charge in [-0.15, -0.1) is 11.8 Å². The van der Waals surface area contributed by atoms with E-state index in [0.717, 1.165) is 4.90 Å². The molecule has 8 heteroatoms. The van der Waals surface area contributed by atoms with Gasteiger partial charge in [0.2, 0.25) is 4.87 Å². The minimum Gasteiger partial charge on any atom is -0.464 e. The number of rotatable bonds is 3. The molecule has 1 aromatic rings. The number of thioether (sulfide) groups is 1. The van der Waals surface area contributed by atoms with Crippen LogP contribution in [0.1, 0.15) is 27.6 Å². The van der Waals surface area contributed by atoms with Gasteiger partial charge in [-0.05, 0) is 19.1 Å². The molecule has 7 nitrogen and oxygen atoms in total. The van der Waals surface area contributed by atoms with Crippen molar-refractivity contribution in [3.8, 4) is 0 Å². The molecule has 3 amide bonds. The molecule has 3 heterocycles. The van der Waals surface area contributed by atoms with Gasteiger partial charge >= 0.3 is 5.97 Å². The molecule has 0 aliphatic carbocycles. The number of ether oxygens (including phenoxy) is 1. The van der Waals surface area contributed by atoms with Crippen molar-refractivity contribution in [2.75, 3.05) is 18.9 Å². The first-order valence-electron chi connectivity index (χ1n) is 7.63. The standard InChI is InChI=1S/C16H14N2O5S/c1-2-23-15(22)16-11(14(21)17(16)7-8-24-16)18-12(19)9-5-3-4-6-10(9)13(18)20/h3-6,11H,2,7-8H2,1H3. The summed E-state index contributed by atoms with van der Waals surface area (Å²) in [6, 6.07) is 5.28. The van der Waals surface area contributed by atoms with E-state index in [0.29, 0.717) is 12.3 Å². The van der Waals surface area contributed by atoms with Gasteiger partial charge in [-0.3, -0.25) is 19.3 Å². The minimum atomic E-state index is -1.31. The number of fused-ring (bicyclic) bond motifs is 2. The highest BCUT2D eigenvalue weighted by atomic mass is 32.2. The molecule has 3 aliphatic rings. The van der Waals surface area contributed by atoms with E-state index in [2.05, 4.69) is 0 Å². The smallest absolute Gasteiger partial charge is 0.345 e. The molecular weight excluding hydrogens is 332 g/mol. The van der Waals surface area contributed by atoms with Gasteiger partial charge in [0.1, 0.15) is 0 Å². The highest BCUT2D eigenvalue weighted by Crippen LogP contribution is 2.51. The maximum atomic E-state index is 12.7. The predicted molar refractivity (Wildman–Crippen MR) is 84.3 cm³/mol. The molecule has 0 aromatic heterocycles. The van der Waals surface area contributed by atoms with Crippen molar-refractivity contribution in [3.63, 3.8) is 0 Å². The van der Waals surface area contributed by atoms with E-state index in [1.54, 1.807) is 31.2 Å². The third-order valence-corrected chi connectivity index (χ3v) is 6.00. The summed E-state index contributed by atoms with van der Waals surface area (Å²) < 4.78 is 5.13. The van der Waals surface area contributed by atoms with E-state index >= 15 is 0 Å². The summed E-state index contributed by atoms with van der Waals surface area (Å²) in [4.78, 5) is 51.5. The number of hydrogen-bond acceptors (Lipinski definition) is 6. The average molecular weight is 346 g/mol. The van der Waals surface area contributed by atoms with Crippen molar-refractivity contribution in [2.45, 2.75) is 17.8 Å². The predicted octanol–water partition coefficient (Wildman–Crippen LogP) is 0.500. The number of imide groups is 1. The molecule has 2 fully saturated rings. The van der Waals surface area contributed by atoms with Crippen LogP contribution in [0.3, 0.4) is 0 Å². The molecule has 2 unspecified atom stereocenters. The topological polar surface area (TPSA) is 84.0 Å². The van der Waals surface area contributed by atoms with Crippen molar-refractivity contribution < 1.29 is 23.9 Å². The maximum absolute atomic E-state index is 12.7. The van der Waals surface area contributed by atoms with E-state index in [4.69, 9.17) is 4.74 Å². The Kier molecular flexibility index (Phi) is 3.21. The lowest BCUT2D eigenvalue weighted by Crippen LogP contribution is -2.79. The van der Waals surface area contributed by atoms with Crippen LogP contribution in [0.4, 0.5) is 0 Å². The quantitative estimate of drug-likeness (QED) is 0.450. The fourth-order valence-electron chi connectivity index (χ4n) is 3.53. The summed E-state index contributed by atoms with van der Waals surface area (Å²) in [6.45, 7) is 2.25. The molecule has 2 saturated heterocycles. The molecule has 24 heavy (non-hydrogen) atoms. The van der Waals surface area contributed by atoms with Crippen molar-refractivity contribution in [2.24, 2.45) is 0 Å². The van der Waals surface area contributed by atoms with Gasteiger partial charge in [0.15, 0.2) is 6.04 Å². The Labute approximate surface area is 141 Å². The van der Waals surface area contributed by atoms with Crippen molar-refractivity contribution in [1.29, 1.82) is 0 Å². The highest BCUT2D eigenvalue weighted by Gasteiger charge is 2.73. The Balaban J connectivity index is 1.76. The van der Waals surface area contributed by atoms with Crippen molar-refractivity contribution >= 4 is 35.5 Å². The number of carbonyl (C=O) groups is 4. The van der Waals surface area contributed by atoms with E-state index in [-0.39, 0.29) is 23.6 Å². The average Bonchev–Trinajstić information content (AvgIpc) is 3.09. The minimum absolute atomic E-state index is 0.165. The molecule has 124 valence electrons. The van der Waals surface area contributed by atoms with E-state index < -0.39 is 28.7 Å². The third-order valence-electron chi connectivity index (χ3n) is 4.56. The normalized spacial score (nSPS) is 27.9. The van der Waals surface area contributed by atoms with E-state index in [9.17, 15) is 19.2 Å². The van der Waals surface area contributed by atoms with Crippen LogP contribution in [0.15, 0.2) is 24.3 Å². The van der Waals surface area contributed by atoms with Gasteiger partial charge in [-0.1, -0.05) is 12.1 Å². The molecule has 0 bridgehead atoms. The number of hydrogen-bond donors (Lipinski definition) is 0. The van der Waals surface area contributed by atoms with Crippen LogP contribution >= 0.6 is 11.8 Å². The number of β-lactam (4-membered cyclic amide) rings is 1. The highest BCUT2D eigenvalue weighted by molar-refractivity contribution is 8.01. The lowest BCUT2D eigenvalue weighted by atomic mass is 9.92. The molecule has 0 N–H and O–H groups in total. The lowest BCUT2D eigenvalue weighted by molar-refractivity contribution is -0.175. The SMILES string of the molecule is CCOC(=O)C12SCCN1C(=O)C2N1C(=O)c2ccccc2C1=O. The first-order chi connectivity index (χ1) is 11.5. The second-order valence-corrected chi connectivity index (χ2v) is 7.00. The third kappa shape index (κ3) is 1.64. The summed E-state index contributed by atoms with van der Waals surface area (Å²) in [5, 5.41) is 0. The lowest BCUT2D eigenvalue weighted by Gasteiger charge is -2.52. The van der Waals surface area contributed by atoms with E-state index in [1.165, 1.54) is 16.7 Å². The summed E-state index contributed by atoms with van der Waals surface area (Å²) in [7, 11) is 0. The van der Waals surface area contributed by atoms with Crippen LogP contribution in [0.25, 0.3) is 0 Å². The van der Waals surface area contributed by atoms with Crippen LogP contribution in [-0.4, -0.2) is 63.3 Å². The van der Waals surface area contributed by atoms with Crippen molar-refractivity contribution in [1.82, 2.24) is 9.80 Å². The summed E-state index contributed by atoms with van der Waals surface area (Å²) >= 11 is 1.25. The Bertz CT molecular complexity index is 759. The Morgan fingerprint density at radius 2 is 1.88 bits per heavy atom. The monoisotopic (exact) mass is 346 g/mol. The zero-order chi connectivity index (χ0) is 17.1. The fraction of sp³-hybridized carbons (Fsp3) is 0.375. The first kappa shape index (κ1) is 15.2. The van der Waals surface area contributed by atoms with Crippen LogP contribution in [0, 0.1) is 0 Å². The number of carbonyl (C=O) groups excluding carboxylic acids is 4. The summed E-state index contributed by atoms with van der Waals surface area (Å²) in [5.74, 6) is -1.48. The van der Waals surface area contributed by atoms with Gasteiger partial charge in [-0.2, -0.15) is 0 Å². The Hall–Kier alpha value is -2.35. The van der Waals surface area contributed by atoms with E-state index in [1.807, 2.05) is 0 Å². The second-order valence-electron chi connectivity index (χ2n) is 5.68. The number of nitrogens with zero attached hydrogens (tertiary/aromatic N) is 2. The van der Waals surface area contributed by atoms with Gasteiger partial charge in [0.05, 0.1) is 17.7 Å². The van der Waals surface area contributed by atoms with Crippen LogP contribution in [0.5, 0.6) is 0 Å². The molecule has 3 aliphatic heterocycles. The number of amides is 3. The maximum Gasteiger partial charge on any atom is 0.345 e. The molecule has 0 spiro atoms. The first-order valence-corrected chi connectivity index (χ1v) is 8.62. The molecule has 2 atom stereocenters. The zero-order valence-corrected chi connectivity index (χ0v) is 13.7. The zero-order valence-electron chi connectivity index (χ0n) is 12.9. The molecule has 4 rings (SSSR count). The van der Waals surface area contributed by atoms with Crippen LogP contribution < -0.4 is 0 Å². The second kappa shape index (κ2) is 5.07. The molecule has 0 saturated carbocycles. The van der Waals surface area contributed by atoms with Crippen LogP contribution in [-0.2, 0) is 14.3 Å². The van der Waals surface area contributed by atoms with Crippen LogP contribution in [0.2, 0.25) is 0 Å². The van der Waals surface area contributed by atoms with Gasteiger partial charge in [0, 0.05) is 12.3 Å². The summed E-state index contributed by atoms with van der Waals surface area (Å²) in [6.07, 6.45) is 0. The van der Waals surface area contributed by atoms with Gasteiger partial charge < -0.3 is 9.64 Å². The fourth-order valence-corrected chi connectivity index (χ4v) is 4.99. The number of esters is 1. The molecule has 0 radical (unpaired) electrons. The molecular formula is C16H14N2O5S. The Morgan fingerprint density at radius 3 is 2.46 bits per heavy atom. The van der Waals surface area contributed by atoms with Gasteiger partial charge in [0.25, 0.3) is 17.7 Å². The Morgan fingerprint density at radius 1 is 1.25 bits per heavy atom. The number of benzene rings is 1. The van der Waals surface area contributed by atoms with Crippen molar-refractivity contribution in [3.05, 3.63) is 35.4 Å². The largest absolute Gasteiger partial charge is 0.464 e.